The number of benzene rings is 3. The van der Waals surface area contributed by atoms with Gasteiger partial charge in [-0.3, -0.25) is 9.59 Å². The van der Waals surface area contributed by atoms with E-state index in [0.717, 1.165) is 0 Å². The molecule has 0 aliphatic carbocycles. The molecule has 3 aromatic carbocycles. The summed E-state index contributed by atoms with van der Waals surface area (Å²) in [5.74, 6) is -0.0788. The highest BCUT2D eigenvalue weighted by atomic mass is 35.5. The first kappa shape index (κ1) is 23.7. The van der Waals surface area contributed by atoms with Crippen LogP contribution in [0.4, 0.5) is 11.4 Å². The summed E-state index contributed by atoms with van der Waals surface area (Å²) in [7, 11) is 1.46. The molecule has 0 fully saturated rings. The van der Waals surface area contributed by atoms with Gasteiger partial charge < -0.3 is 20.1 Å². The van der Waals surface area contributed by atoms with Crippen LogP contribution < -0.4 is 20.1 Å². The van der Waals surface area contributed by atoms with E-state index in [1.807, 2.05) is 0 Å². The third kappa shape index (κ3) is 5.85. The van der Waals surface area contributed by atoms with E-state index < -0.39 is 12.0 Å². The quantitative estimate of drug-likeness (QED) is 0.404. The summed E-state index contributed by atoms with van der Waals surface area (Å²) >= 11 is 18.0. The van der Waals surface area contributed by atoms with E-state index in [1.165, 1.54) is 13.2 Å². The zero-order chi connectivity index (χ0) is 23.3. The van der Waals surface area contributed by atoms with Gasteiger partial charge in [-0.15, -0.1) is 0 Å². The number of anilines is 2. The molecule has 0 bridgehead atoms. The van der Waals surface area contributed by atoms with Crippen molar-refractivity contribution in [2.24, 2.45) is 0 Å². The van der Waals surface area contributed by atoms with Crippen molar-refractivity contribution in [3.8, 4) is 11.5 Å². The van der Waals surface area contributed by atoms with Gasteiger partial charge in [0, 0.05) is 16.8 Å². The molecular formula is C23H19Cl3N2O4. The molecule has 0 saturated carbocycles. The number of nitrogens with one attached hydrogen (secondary N) is 2. The van der Waals surface area contributed by atoms with Crippen LogP contribution in [0.5, 0.6) is 11.5 Å². The van der Waals surface area contributed by atoms with E-state index in [0.29, 0.717) is 43.5 Å². The van der Waals surface area contributed by atoms with E-state index in [-0.39, 0.29) is 5.91 Å². The molecule has 0 aliphatic heterocycles. The minimum absolute atomic E-state index is 0.303. The van der Waals surface area contributed by atoms with Crippen LogP contribution in [0, 0.1) is 0 Å². The van der Waals surface area contributed by atoms with Crippen LogP contribution in [-0.2, 0) is 4.79 Å². The number of halogens is 3. The van der Waals surface area contributed by atoms with Crippen molar-refractivity contribution in [3.05, 3.63) is 81.3 Å². The van der Waals surface area contributed by atoms with Crippen LogP contribution in [0.2, 0.25) is 15.1 Å². The fourth-order valence-corrected chi connectivity index (χ4v) is 3.44. The van der Waals surface area contributed by atoms with Crippen molar-refractivity contribution in [1.82, 2.24) is 0 Å². The number of rotatable bonds is 7. The van der Waals surface area contributed by atoms with Crippen molar-refractivity contribution in [3.63, 3.8) is 0 Å². The first-order valence-electron chi connectivity index (χ1n) is 9.45. The third-order valence-electron chi connectivity index (χ3n) is 4.40. The number of amides is 2. The van der Waals surface area contributed by atoms with Crippen LogP contribution in [0.3, 0.4) is 0 Å². The van der Waals surface area contributed by atoms with Gasteiger partial charge in [0.1, 0.15) is 11.5 Å². The predicted octanol–water partition coefficient (Wildman–Crippen LogP) is 6.31. The van der Waals surface area contributed by atoms with Crippen LogP contribution in [0.15, 0.2) is 60.7 Å². The molecule has 166 valence electrons. The van der Waals surface area contributed by atoms with E-state index >= 15 is 0 Å². The van der Waals surface area contributed by atoms with E-state index in [1.54, 1.807) is 61.5 Å². The molecule has 3 rings (SSSR count). The molecule has 6 nitrogen and oxygen atoms in total. The number of hydrogen-bond acceptors (Lipinski definition) is 4. The van der Waals surface area contributed by atoms with Crippen LogP contribution in [-0.4, -0.2) is 25.0 Å². The fraction of sp³-hybridized carbons (Fsp3) is 0.130. The van der Waals surface area contributed by atoms with Gasteiger partial charge in [0.15, 0.2) is 6.10 Å². The number of ether oxygens (including phenoxy) is 2. The van der Waals surface area contributed by atoms with Crippen molar-refractivity contribution in [2.45, 2.75) is 13.0 Å². The molecule has 0 aliphatic rings. The number of carbonyl (C=O) groups is 2. The lowest BCUT2D eigenvalue weighted by molar-refractivity contribution is -0.122. The summed E-state index contributed by atoms with van der Waals surface area (Å²) in [5.41, 5.74) is 1.22. The molecule has 32 heavy (non-hydrogen) atoms. The Morgan fingerprint density at radius 2 is 1.62 bits per heavy atom. The maximum Gasteiger partial charge on any atom is 0.265 e. The highest BCUT2D eigenvalue weighted by molar-refractivity contribution is 6.35. The highest BCUT2D eigenvalue weighted by Crippen LogP contribution is 2.30. The normalized spacial score (nSPS) is 11.4. The lowest BCUT2D eigenvalue weighted by Gasteiger charge is -2.17. The highest BCUT2D eigenvalue weighted by Gasteiger charge is 2.18. The second kappa shape index (κ2) is 10.6. The summed E-state index contributed by atoms with van der Waals surface area (Å²) in [6, 6.07) is 16.3. The topological polar surface area (TPSA) is 76.7 Å². The summed E-state index contributed by atoms with van der Waals surface area (Å²) < 4.78 is 11.0. The van der Waals surface area contributed by atoms with Gasteiger partial charge in [0.25, 0.3) is 11.8 Å². The first-order chi connectivity index (χ1) is 15.3. The molecule has 0 spiro atoms. The second-order valence-corrected chi connectivity index (χ2v) is 7.92. The molecule has 2 amide bonds. The van der Waals surface area contributed by atoms with Gasteiger partial charge in [0.05, 0.1) is 28.4 Å². The second-order valence-electron chi connectivity index (χ2n) is 6.67. The Balaban J connectivity index is 1.69. The lowest BCUT2D eigenvalue weighted by Crippen LogP contribution is -2.30. The third-order valence-corrected chi connectivity index (χ3v) is 5.26. The van der Waals surface area contributed by atoms with Gasteiger partial charge in [-0.25, -0.2) is 0 Å². The molecule has 0 saturated heterocycles. The Morgan fingerprint density at radius 3 is 2.31 bits per heavy atom. The van der Waals surface area contributed by atoms with Crippen molar-refractivity contribution >= 4 is 58.0 Å². The largest absolute Gasteiger partial charge is 0.494 e. The monoisotopic (exact) mass is 492 g/mol. The zero-order valence-corrected chi connectivity index (χ0v) is 19.4. The predicted molar refractivity (Wildman–Crippen MR) is 128 cm³/mol. The summed E-state index contributed by atoms with van der Waals surface area (Å²) in [4.78, 5) is 25.1. The Kier molecular flexibility index (Phi) is 7.85. The summed E-state index contributed by atoms with van der Waals surface area (Å²) in [6.45, 7) is 1.59. The zero-order valence-electron chi connectivity index (χ0n) is 17.1. The van der Waals surface area contributed by atoms with Gasteiger partial charge in [0.2, 0.25) is 0 Å². The molecule has 0 aromatic heterocycles. The molecule has 0 unspecified atom stereocenters. The van der Waals surface area contributed by atoms with Gasteiger partial charge in [-0.1, -0.05) is 46.9 Å². The molecule has 3 aromatic rings. The lowest BCUT2D eigenvalue weighted by atomic mass is 10.2. The minimum Gasteiger partial charge on any atom is -0.494 e. The van der Waals surface area contributed by atoms with Crippen molar-refractivity contribution in [2.75, 3.05) is 17.7 Å². The molecular weight excluding hydrogens is 475 g/mol. The van der Waals surface area contributed by atoms with E-state index in [2.05, 4.69) is 10.6 Å². The molecule has 0 heterocycles. The Hall–Kier alpha value is -2.93. The van der Waals surface area contributed by atoms with Crippen molar-refractivity contribution < 1.29 is 19.1 Å². The standard InChI is InChI=1S/C23H19Cl3N2O4/c1-13(32-20-10-7-14(24)11-18(20)26)22(29)27-15-8-9-19(21(12-15)31-2)28-23(30)16-5-3-4-6-17(16)25/h3-13H,1-2H3,(H,27,29)(H,28,30)/t13-/m1/s1. The number of methoxy groups -OCH3 is 1. The van der Waals surface area contributed by atoms with Crippen molar-refractivity contribution in [1.29, 1.82) is 0 Å². The van der Waals surface area contributed by atoms with Gasteiger partial charge >= 0.3 is 0 Å². The number of hydrogen-bond donors (Lipinski definition) is 2. The molecule has 0 radical (unpaired) electrons. The van der Waals surface area contributed by atoms with Crippen LogP contribution in [0.25, 0.3) is 0 Å². The Labute approximate surface area is 200 Å². The maximum atomic E-state index is 12.5. The SMILES string of the molecule is COc1cc(NC(=O)[C@@H](C)Oc2ccc(Cl)cc2Cl)ccc1NC(=O)c1ccccc1Cl. The summed E-state index contributed by atoms with van der Waals surface area (Å²) in [6.07, 6.45) is -0.834. The minimum atomic E-state index is -0.834. The van der Waals surface area contributed by atoms with Crippen LogP contribution >= 0.6 is 34.8 Å². The van der Waals surface area contributed by atoms with Gasteiger partial charge in [-0.2, -0.15) is 0 Å². The fourth-order valence-electron chi connectivity index (χ4n) is 2.77. The molecule has 1 atom stereocenters. The first-order valence-corrected chi connectivity index (χ1v) is 10.6. The Bertz CT molecular complexity index is 1150. The molecule has 9 heteroatoms. The maximum absolute atomic E-state index is 12.5. The van der Waals surface area contributed by atoms with Crippen LogP contribution in [0.1, 0.15) is 17.3 Å². The smallest absolute Gasteiger partial charge is 0.265 e. The summed E-state index contributed by atoms with van der Waals surface area (Å²) in [5, 5.41) is 6.60. The Morgan fingerprint density at radius 1 is 0.875 bits per heavy atom. The number of carbonyl (C=O) groups excluding carboxylic acids is 2. The average molecular weight is 494 g/mol. The molecule has 2 N–H and O–H groups in total. The van der Waals surface area contributed by atoms with E-state index in [9.17, 15) is 9.59 Å². The van der Waals surface area contributed by atoms with E-state index in [4.69, 9.17) is 44.3 Å². The van der Waals surface area contributed by atoms with Gasteiger partial charge in [-0.05, 0) is 49.4 Å². The average Bonchev–Trinajstić information content (AvgIpc) is 2.76.